The molecule has 0 atom stereocenters. The van der Waals surface area contributed by atoms with Gasteiger partial charge in [-0.3, -0.25) is 0 Å². The largest absolute Gasteiger partial charge is 0.465 e. The summed E-state index contributed by atoms with van der Waals surface area (Å²) in [6, 6.07) is 10.3. The number of morpholine rings is 1. The predicted octanol–water partition coefficient (Wildman–Crippen LogP) is 3.94. The van der Waals surface area contributed by atoms with E-state index in [-0.39, 0.29) is 0 Å². The fourth-order valence-electron chi connectivity index (χ4n) is 3.02. The summed E-state index contributed by atoms with van der Waals surface area (Å²) in [5, 5.41) is 3.14. The van der Waals surface area contributed by atoms with Gasteiger partial charge in [0.1, 0.15) is 0 Å². The Hall–Kier alpha value is -2.74. The van der Waals surface area contributed by atoms with E-state index in [1.165, 1.54) is 19.2 Å². The molecular formula is C20H21F3N2O3. The standard InChI is InChI=1S/C20H21F3N2O3/c1-27-19(26)17-12-16(6-7-18(17)25-8-10-28-11-9-25)24-13-14-2-4-15(5-3-14)20(21,22)23/h2-7,12,24H,8-11,13H2,1H3. The van der Waals surface area contributed by atoms with E-state index >= 15 is 0 Å². The topological polar surface area (TPSA) is 50.8 Å². The number of nitrogens with zero attached hydrogens (tertiary/aromatic N) is 1. The van der Waals surface area contributed by atoms with Gasteiger partial charge in [-0.25, -0.2) is 4.79 Å². The molecule has 2 aromatic rings. The van der Waals surface area contributed by atoms with Crippen molar-refractivity contribution in [3.8, 4) is 0 Å². The molecule has 0 aliphatic carbocycles. The summed E-state index contributed by atoms with van der Waals surface area (Å²) in [5.74, 6) is -0.445. The van der Waals surface area contributed by atoms with Gasteiger partial charge in [-0.15, -0.1) is 0 Å². The summed E-state index contributed by atoms with van der Waals surface area (Å²) in [5.41, 5.74) is 1.90. The predicted molar refractivity (Wildman–Crippen MR) is 99.6 cm³/mol. The fourth-order valence-corrected chi connectivity index (χ4v) is 3.02. The molecule has 3 rings (SSSR count). The van der Waals surface area contributed by atoms with Crippen LogP contribution in [0.25, 0.3) is 0 Å². The van der Waals surface area contributed by atoms with Crippen LogP contribution in [0.5, 0.6) is 0 Å². The van der Waals surface area contributed by atoms with Gasteiger partial charge in [0.25, 0.3) is 0 Å². The molecule has 150 valence electrons. The molecule has 8 heteroatoms. The molecule has 1 heterocycles. The van der Waals surface area contributed by atoms with E-state index in [0.717, 1.165) is 17.8 Å². The van der Waals surface area contributed by atoms with Gasteiger partial charge in [0.2, 0.25) is 0 Å². The van der Waals surface area contributed by atoms with Crippen molar-refractivity contribution in [2.24, 2.45) is 0 Å². The first-order valence-electron chi connectivity index (χ1n) is 8.83. The first-order valence-corrected chi connectivity index (χ1v) is 8.83. The van der Waals surface area contributed by atoms with Crippen LogP contribution in [0.2, 0.25) is 0 Å². The number of rotatable bonds is 5. The summed E-state index contributed by atoms with van der Waals surface area (Å²) >= 11 is 0. The number of hydrogen-bond donors (Lipinski definition) is 1. The molecule has 1 aliphatic heterocycles. The molecule has 0 aromatic heterocycles. The zero-order valence-electron chi connectivity index (χ0n) is 15.4. The van der Waals surface area contributed by atoms with Crippen molar-refractivity contribution < 1.29 is 27.4 Å². The minimum absolute atomic E-state index is 0.329. The molecule has 0 spiro atoms. The molecule has 0 amide bonds. The minimum Gasteiger partial charge on any atom is -0.465 e. The molecule has 0 unspecified atom stereocenters. The van der Waals surface area contributed by atoms with Crippen LogP contribution in [0.15, 0.2) is 42.5 Å². The summed E-state index contributed by atoms with van der Waals surface area (Å²) in [7, 11) is 1.33. The van der Waals surface area contributed by atoms with Crippen molar-refractivity contribution in [3.05, 3.63) is 59.2 Å². The van der Waals surface area contributed by atoms with Gasteiger partial charge in [0.15, 0.2) is 0 Å². The van der Waals surface area contributed by atoms with Crippen molar-refractivity contribution in [2.45, 2.75) is 12.7 Å². The lowest BCUT2D eigenvalue weighted by Gasteiger charge is -2.30. The number of anilines is 2. The quantitative estimate of drug-likeness (QED) is 0.779. The van der Waals surface area contributed by atoms with Crippen molar-refractivity contribution in [1.82, 2.24) is 0 Å². The van der Waals surface area contributed by atoms with E-state index in [2.05, 4.69) is 10.2 Å². The van der Waals surface area contributed by atoms with Crippen LogP contribution in [0, 0.1) is 0 Å². The van der Waals surface area contributed by atoms with Crippen LogP contribution in [0.1, 0.15) is 21.5 Å². The highest BCUT2D eigenvalue weighted by atomic mass is 19.4. The zero-order valence-corrected chi connectivity index (χ0v) is 15.4. The molecule has 5 nitrogen and oxygen atoms in total. The van der Waals surface area contributed by atoms with E-state index < -0.39 is 17.7 Å². The number of hydrogen-bond acceptors (Lipinski definition) is 5. The average Bonchev–Trinajstić information content (AvgIpc) is 2.71. The Morgan fingerprint density at radius 2 is 1.82 bits per heavy atom. The second-order valence-electron chi connectivity index (χ2n) is 6.37. The second kappa shape index (κ2) is 8.52. The van der Waals surface area contributed by atoms with Crippen molar-refractivity contribution >= 4 is 17.3 Å². The maximum atomic E-state index is 12.6. The van der Waals surface area contributed by atoms with Crippen LogP contribution < -0.4 is 10.2 Å². The summed E-state index contributed by atoms with van der Waals surface area (Å²) in [6.45, 7) is 2.88. The third-order valence-corrected chi connectivity index (χ3v) is 4.53. The van der Waals surface area contributed by atoms with Crippen LogP contribution in [0.4, 0.5) is 24.5 Å². The van der Waals surface area contributed by atoms with Crippen LogP contribution in [0.3, 0.4) is 0 Å². The zero-order chi connectivity index (χ0) is 20.1. The molecule has 28 heavy (non-hydrogen) atoms. The number of methoxy groups -OCH3 is 1. The van der Waals surface area contributed by atoms with Gasteiger partial charge in [0.05, 0.1) is 37.1 Å². The van der Waals surface area contributed by atoms with Crippen LogP contribution in [-0.4, -0.2) is 39.4 Å². The number of carbonyl (C=O) groups excluding carboxylic acids is 1. The van der Waals surface area contributed by atoms with Gasteiger partial charge >= 0.3 is 12.1 Å². The molecule has 1 aliphatic rings. The Morgan fingerprint density at radius 3 is 2.43 bits per heavy atom. The van der Waals surface area contributed by atoms with Gasteiger partial charge < -0.3 is 19.7 Å². The Morgan fingerprint density at radius 1 is 1.14 bits per heavy atom. The third-order valence-electron chi connectivity index (χ3n) is 4.53. The SMILES string of the molecule is COC(=O)c1cc(NCc2ccc(C(F)(F)F)cc2)ccc1N1CCOCC1. The van der Waals surface area contributed by atoms with E-state index in [4.69, 9.17) is 9.47 Å². The lowest BCUT2D eigenvalue weighted by Crippen LogP contribution is -2.37. The number of alkyl halides is 3. The van der Waals surface area contributed by atoms with Gasteiger partial charge in [-0.1, -0.05) is 12.1 Å². The smallest absolute Gasteiger partial charge is 0.416 e. The lowest BCUT2D eigenvalue weighted by atomic mass is 10.1. The van der Waals surface area contributed by atoms with Crippen molar-refractivity contribution in [3.63, 3.8) is 0 Å². The minimum atomic E-state index is -4.35. The van der Waals surface area contributed by atoms with Gasteiger partial charge in [-0.2, -0.15) is 13.2 Å². The molecule has 1 fully saturated rings. The Balaban J connectivity index is 1.74. The highest BCUT2D eigenvalue weighted by Gasteiger charge is 2.29. The van der Waals surface area contributed by atoms with E-state index in [1.807, 2.05) is 12.1 Å². The first kappa shape index (κ1) is 20.0. The number of esters is 1. The Labute approximate surface area is 161 Å². The highest BCUT2D eigenvalue weighted by Crippen LogP contribution is 2.29. The molecule has 0 radical (unpaired) electrons. The van der Waals surface area contributed by atoms with E-state index in [1.54, 1.807) is 6.07 Å². The fraction of sp³-hybridized carbons (Fsp3) is 0.350. The summed E-state index contributed by atoms with van der Waals surface area (Å²) in [4.78, 5) is 14.3. The van der Waals surface area contributed by atoms with Gasteiger partial charge in [-0.05, 0) is 35.9 Å². The van der Waals surface area contributed by atoms with Crippen LogP contribution in [-0.2, 0) is 22.2 Å². The molecule has 1 saturated heterocycles. The first-order chi connectivity index (χ1) is 13.4. The Bertz CT molecular complexity index is 816. The number of ether oxygens (including phenoxy) is 2. The second-order valence-corrected chi connectivity index (χ2v) is 6.37. The molecule has 2 aromatic carbocycles. The monoisotopic (exact) mass is 394 g/mol. The summed E-state index contributed by atoms with van der Waals surface area (Å²) in [6.07, 6.45) is -4.35. The van der Waals surface area contributed by atoms with Crippen LogP contribution >= 0.6 is 0 Å². The summed E-state index contributed by atoms with van der Waals surface area (Å²) < 4.78 is 48.2. The lowest BCUT2D eigenvalue weighted by molar-refractivity contribution is -0.137. The Kier molecular flexibility index (Phi) is 6.08. The van der Waals surface area contributed by atoms with Crippen molar-refractivity contribution in [2.75, 3.05) is 43.6 Å². The highest BCUT2D eigenvalue weighted by molar-refractivity contribution is 5.97. The normalized spacial score (nSPS) is 14.6. The molecule has 0 saturated carbocycles. The molecule has 0 bridgehead atoms. The number of nitrogens with one attached hydrogen (secondary N) is 1. The number of halogens is 3. The van der Waals surface area contributed by atoms with Crippen molar-refractivity contribution in [1.29, 1.82) is 0 Å². The average molecular weight is 394 g/mol. The number of benzene rings is 2. The van der Waals surface area contributed by atoms with E-state index in [0.29, 0.717) is 49.7 Å². The molecular weight excluding hydrogens is 373 g/mol. The molecule has 1 N–H and O–H groups in total. The maximum absolute atomic E-state index is 12.6. The maximum Gasteiger partial charge on any atom is 0.416 e. The van der Waals surface area contributed by atoms with Gasteiger partial charge in [0, 0.05) is 25.3 Å². The van der Waals surface area contributed by atoms with E-state index in [9.17, 15) is 18.0 Å². The number of carbonyl (C=O) groups is 1. The third kappa shape index (κ3) is 4.75.